The van der Waals surface area contributed by atoms with Crippen LogP contribution >= 0.6 is 0 Å². The second kappa shape index (κ2) is 5.43. The minimum Gasteiger partial charge on any atom is -0.479 e. The van der Waals surface area contributed by atoms with E-state index in [1.807, 2.05) is 0 Å². The van der Waals surface area contributed by atoms with Crippen LogP contribution in [0.15, 0.2) is 18.2 Å². The molecule has 0 fully saturated rings. The van der Waals surface area contributed by atoms with E-state index in [1.165, 1.54) is 18.2 Å². The fourth-order valence-corrected chi connectivity index (χ4v) is 1.40. The van der Waals surface area contributed by atoms with Gasteiger partial charge in [-0.1, -0.05) is 19.1 Å². The Morgan fingerprint density at radius 2 is 2.12 bits per heavy atom. The van der Waals surface area contributed by atoms with Crippen LogP contribution in [0.4, 0.5) is 4.39 Å². The molecule has 1 aromatic rings. The fourth-order valence-electron chi connectivity index (χ4n) is 1.40. The van der Waals surface area contributed by atoms with Crippen molar-refractivity contribution in [1.82, 2.24) is 5.32 Å². The van der Waals surface area contributed by atoms with Gasteiger partial charge in [0.2, 0.25) is 5.91 Å². The summed E-state index contributed by atoms with van der Waals surface area (Å²) >= 11 is 0. The van der Waals surface area contributed by atoms with E-state index in [4.69, 9.17) is 5.11 Å². The maximum atomic E-state index is 13.1. The van der Waals surface area contributed by atoms with E-state index in [1.54, 1.807) is 13.8 Å². The van der Waals surface area contributed by atoms with Crippen LogP contribution in [0.3, 0.4) is 0 Å². The summed E-state index contributed by atoms with van der Waals surface area (Å²) in [5.74, 6) is -1.93. The molecule has 0 heterocycles. The van der Waals surface area contributed by atoms with Crippen LogP contribution in [0.1, 0.15) is 30.5 Å². The maximum Gasteiger partial charge on any atom is 0.330 e. The first-order valence-electron chi connectivity index (χ1n) is 5.24. The average Bonchev–Trinajstić information content (AvgIpc) is 2.29. The number of rotatable bonds is 4. The van der Waals surface area contributed by atoms with Crippen LogP contribution in [0.25, 0.3) is 0 Å². The third-order valence-corrected chi connectivity index (χ3v) is 2.39. The Kier molecular flexibility index (Phi) is 4.20. The molecule has 17 heavy (non-hydrogen) atoms. The second-order valence-corrected chi connectivity index (χ2v) is 3.70. The second-order valence-electron chi connectivity index (χ2n) is 3.70. The van der Waals surface area contributed by atoms with Crippen molar-refractivity contribution in [1.29, 1.82) is 0 Å². The molecular formula is C12H14FNO3. The molecule has 0 aliphatic heterocycles. The number of amides is 1. The molecule has 1 amide bonds. The Hall–Kier alpha value is -1.91. The molecule has 0 saturated carbocycles. The Labute approximate surface area is 98.5 Å². The van der Waals surface area contributed by atoms with Crippen molar-refractivity contribution in [2.24, 2.45) is 0 Å². The molecule has 1 aromatic carbocycles. The fraction of sp³-hybridized carbons (Fsp3) is 0.333. The van der Waals surface area contributed by atoms with Crippen molar-refractivity contribution in [3.63, 3.8) is 0 Å². The molecule has 2 N–H and O–H groups in total. The number of aryl methyl sites for hydroxylation is 1. The van der Waals surface area contributed by atoms with Crippen molar-refractivity contribution in [3.8, 4) is 0 Å². The van der Waals surface area contributed by atoms with Gasteiger partial charge >= 0.3 is 5.97 Å². The Morgan fingerprint density at radius 3 is 2.59 bits per heavy atom. The van der Waals surface area contributed by atoms with Gasteiger partial charge in [-0.15, -0.1) is 0 Å². The zero-order valence-corrected chi connectivity index (χ0v) is 9.66. The number of carboxylic acid groups (broad SMARTS) is 1. The van der Waals surface area contributed by atoms with Crippen molar-refractivity contribution in [2.45, 2.75) is 26.3 Å². The molecule has 1 unspecified atom stereocenters. The molecule has 1 rings (SSSR count). The van der Waals surface area contributed by atoms with Crippen LogP contribution in [0, 0.1) is 12.7 Å². The van der Waals surface area contributed by atoms with Gasteiger partial charge in [-0.2, -0.15) is 0 Å². The third-order valence-electron chi connectivity index (χ3n) is 2.39. The van der Waals surface area contributed by atoms with Crippen LogP contribution in [-0.4, -0.2) is 17.0 Å². The number of halogens is 1. The van der Waals surface area contributed by atoms with Gasteiger partial charge in [0, 0.05) is 6.42 Å². The van der Waals surface area contributed by atoms with E-state index in [0.717, 1.165) is 0 Å². The number of carbonyl (C=O) groups excluding carboxylic acids is 1. The van der Waals surface area contributed by atoms with Crippen molar-refractivity contribution in [2.75, 3.05) is 0 Å². The lowest BCUT2D eigenvalue weighted by atomic mass is 10.0. The van der Waals surface area contributed by atoms with Crippen LogP contribution in [0.5, 0.6) is 0 Å². The predicted octanol–water partition coefficient (Wildman–Crippen LogP) is 1.79. The molecule has 0 aliphatic carbocycles. The quantitative estimate of drug-likeness (QED) is 0.841. The summed E-state index contributed by atoms with van der Waals surface area (Å²) in [5, 5.41) is 11.4. The highest BCUT2D eigenvalue weighted by Gasteiger charge is 2.21. The lowest BCUT2D eigenvalue weighted by molar-refractivity contribution is -0.142. The van der Waals surface area contributed by atoms with E-state index < -0.39 is 17.8 Å². The minimum atomic E-state index is -1.17. The summed E-state index contributed by atoms with van der Waals surface area (Å²) in [6, 6.07) is 2.83. The van der Waals surface area contributed by atoms with E-state index in [2.05, 4.69) is 5.32 Å². The number of carbonyl (C=O) groups is 2. The maximum absolute atomic E-state index is 13.1. The van der Waals surface area contributed by atoms with Gasteiger partial charge in [0.25, 0.3) is 0 Å². The highest BCUT2D eigenvalue weighted by Crippen LogP contribution is 2.17. The molecule has 92 valence electrons. The summed E-state index contributed by atoms with van der Waals surface area (Å²) in [7, 11) is 0. The summed E-state index contributed by atoms with van der Waals surface area (Å²) in [6.07, 6.45) is 0.198. The first-order valence-corrected chi connectivity index (χ1v) is 5.24. The highest BCUT2D eigenvalue weighted by molar-refractivity contribution is 5.84. The van der Waals surface area contributed by atoms with Crippen molar-refractivity contribution >= 4 is 11.9 Å². The minimum absolute atomic E-state index is 0.198. The summed E-state index contributed by atoms with van der Waals surface area (Å²) in [6.45, 7) is 3.17. The predicted molar refractivity (Wildman–Crippen MR) is 59.9 cm³/mol. The smallest absolute Gasteiger partial charge is 0.330 e. The summed E-state index contributed by atoms with van der Waals surface area (Å²) in [5.41, 5.74) is 0.706. The highest BCUT2D eigenvalue weighted by atomic mass is 19.1. The van der Waals surface area contributed by atoms with E-state index >= 15 is 0 Å². The van der Waals surface area contributed by atoms with Crippen molar-refractivity contribution in [3.05, 3.63) is 35.1 Å². The molecule has 0 aromatic heterocycles. The van der Waals surface area contributed by atoms with Crippen LogP contribution in [0.2, 0.25) is 0 Å². The molecule has 0 saturated heterocycles. The van der Waals surface area contributed by atoms with Crippen molar-refractivity contribution < 1.29 is 19.1 Å². The molecule has 1 atom stereocenters. The van der Waals surface area contributed by atoms with Crippen LogP contribution < -0.4 is 5.32 Å². The van der Waals surface area contributed by atoms with Gasteiger partial charge in [-0.05, 0) is 24.1 Å². The van der Waals surface area contributed by atoms with Gasteiger partial charge in [-0.25, -0.2) is 9.18 Å². The largest absolute Gasteiger partial charge is 0.479 e. The molecule has 0 radical (unpaired) electrons. The Balaban J connectivity index is 3.01. The normalized spacial score (nSPS) is 11.9. The zero-order valence-electron chi connectivity index (χ0n) is 9.66. The molecule has 0 spiro atoms. The standard InChI is InChI=1S/C12H14FNO3/c1-3-10(15)14-11(12(16)17)8-4-5-9(13)7(2)6-8/h4-6,11H,3H2,1-2H3,(H,14,15)(H,16,17). The van der Waals surface area contributed by atoms with Gasteiger partial charge in [-0.3, -0.25) is 4.79 Å². The number of hydrogen-bond donors (Lipinski definition) is 2. The SMILES string of the molecule is CCC(=O)NC(C(=O)O)c1ccc(F)c(C)c1. The molecule has 0 aliphatic rings. The zero-order chi connectivity index (χ0) is 13.0. The summed E-state index contributed by atoms with van der Waals surface area (Å²) in [4.78, 5) is 22.2. The topological polar surface area (TPSA) is 66.4 Å². The van der Waals surface area contributed by atoms with Crippen LogP contribution in [-0.2, 0) is 9.59 Å². The third kappa shape index (κ3) is 3.27. The first-order chi connectivity index (χ1) is 7.95. The molecule has 4 nitrogen and oxygen atoms in total. The average molecular weight is 239 g/mol. The Morgan fingerprint density at radius 1 is 1.47 bits per heavy atom. The number of benzene rings is 1. The number of carboxylic acids is 1. The van der Waals surface area contributed by atoms with Gasteiger partial charge < -0.3 is 10.4 Å². The lowest BCUT2D eigenvalue weighted by Gasteiger charge is -2.15. The number of nitrogens with one attached hydrogen (secondary N) is 1. The molecule has 0 bridgehead atoms. The number of aliphatic carboxylic acids is 1. The monoisotopic (exact) mass is 239 g/mol. The molecular weight excluding hydrogens is 225 g/mol. The lowest BCUT2D eigenvalue weighted by Crippen LogP contribution is -2.33. The van der Waals surface area contributed by atoms with E-state index in [-0.39, 0.29) is 12.3 Å². The van der Waals surface area contributed by atoms with Gasteiger partial charge in [0.15, 0.2) is 6.04 Å². The van der Waals surface area contributed by atoms with Gasteiger partial charge in [0.1, 0.15) is 5.82 Å². The van der Waals surface area contributed by atoms with E-state index in [0.29, 0.717) is 11.1 Å². The van der Waals surface area contributed by atoms with E-state index in [9.17, 15) is 14.0 Å². The molecule has 5 heteroatoms. The first kappa shape index (κ1) is 13.2. The summed E-state index contributed by atoms with van der Waals surface area (Å²) < 4.78 is 13.1. The Bertz CT molecular complexity index is 445. The van der Waals surface area contributed by atoms with Gasteiger partial charge in [0.05, 0.1) is 0 Å². The number of hydrogen-bond acceptors (Lipinski definition) is 2.